The monoisotopic (exact) mass is 288 g/mol. The molecule has 0 bridgehead atoms. The molecule has 1 heterocycles. The molecule has 0 saturated carbocycles. The van der Waals surface area contributed by atoms with E-state index in [0.717, 1.165) is 40.3 Å². The first-order chi connectivity index (χ1) is 7.16. The minimum Gasteiger partial charge on any atom is -0.380 e. The number of hydrogen-bond donors (Lipinski definition) is 2. The summed E-state index contributed by atoms with van der Waals surface area (Å²) in [6, 6.07) is 4.55. The van der Waals surface area contributed by atoms with Gasteiger partial charge in [0.15, 0.2) is 0 Å². The molecule has 0 aromatic heterocycles. The second-order valence-corrected chi connectivity index (χ2v) is 5.18. The molecule has 0 amide bonds. The fourth-order valence-corrected chi connectivity index (χ4v) is 2.49. The zero-order valence-electron chi connectivity index (χ0n) is 8.61. The fourth-order valence-electron chi connectivity index (χ4n) is 1.75. The van der Waals surface area contributed by atoms with Gasteiger partial charge in [0.2, 0.25) is 0 Å². The topological polar surface area (TPSA) is 24.1 Å². The van der Waals surface area contributed by atoms with E-state index >= 15 is 0 Å². The number of anilines is 1. The zero-order chi connectivity index (χ0) is 10.8. The zero-order valence-corrected chi connectivity index (χ0v) is 11.0. The molecule has 1 aliphatic heterocycles. The molecule has 0 radical (unpaired) electrons. The summed E-state index contributed by atoms with van der Waals surface area (Å²) in [6.45, 7) is 4.13. The third-order valence-corrected chi connectivity index (χ3v) is 3.73. The summed E-state index contributed by atoms with van der Waals surface area (Å²) >= 11 is 9.64. The van der Waals surface area contributed by atoms with Gasteiger partial charge >= 0.3 is 0 Å². The van der Waals surface area contributed by atoms with Crippen LogP contribution in [0.15, 0.2) is 16.6 Å². The van der Waals surface area contributed by atoms with Gasteiger partial charge in [0.05, 0.1) is 5.69 Å². The van der Waals surface area contributed by atoms with E-state index in [1.165, 1.54) is 0 Å². The van der Waals surface area contributed by atoms with E-state index in [-0.39, 0.29) is 0 Å². The minimum atomic E-state index is 0.514. The van der Waals surface area contributed by atoms with Crippen molar-refractivity contribution in [2.24, 2.45) is 0 Å². The van der Waals surface area contributed by atoms with E-state index in [1.54, 1.807) is 0 Å². The minimum absolute atomic E-state index is 0.514. The number of nitrogens with one attached hydrogen (secondary N) is 2. The molecule has 1 aromatic carbocycles. The lowest BCUT2D eigenvalue weighted by Crippen LogP contribution is -2.22. The predicted octanol–water partition coefficient (Wildman–Crippen LogP) is 3.18. The second-order valence-electron chi connectivity index (χ2n) is 3.92. The average Bonchev–Trinajstić information content (AvgIpc) is 2.67. The standard InChI is InChI=1S/C11H14BrClN2/c1-7-4-9(12)11(5-10(7)13)15-8-2-3-14-6-8/h4-5,8,14-15H,2-3,6H2,1H3. The highest BCUT2D eigenvalue weighted by Gasteiger charge is 2.15. The Morgan fingerprint density at radius 1 is 1.53 bits per heavy atom. The number of hydrogen-bond acceptors (Lipinski definition) is 2. The van der Waals surface area contributed by atoms with Crippen LogP contribution >= 0.6 is 27.5 Å². The molecule has 4 heteroatoms. The molecule has 1 unspecified atom stereocenters. The summed E-state index contributed by atoms with van der Waals surface area (Å²) in [6.07, 6.45) is 1.16. The Bertz CT molecular complexity index is 362. The highest BCUT2D eigenvalue weighted by Crippen LogP contribution is 2.30. The Hall–Kier alpha value is -0.250. The van der Waals surface area contributed by atoms with E-state index in [0.29, 0.717) is 6.04 Å². The van der Waals surface area contributed by atoms with Crippen LogP contribution < -0.4 is 10.6 Å². The van der Waals surface area contributed by atoms with Gasteiger partial charge in [0.1, 0.15) is 0 Å². The van der Waals surface area contributed by atoms with Crippen molar-refractivity contribution in [3.8, 4) is 0 Å². The van der Waals surface area contributed by atoms with Gasteiger partial charge < -0.3 is 10.6 Å². The maximum absolute atomic E-state index is 6.09. The molecule has 0 aliphatic carbocycles. The maximum atomic E-state index is 6.09. The number of rotatable bonds is 2. The molecule has 2 N–H and O–H groups in total. The molecule has 15 heavy (non-hydrogen) atoms. The predicted molar refractivity (Wildman–Crippen MR) is 68.8 cm³/mol. The first-order valence-electron chi connectivity index (χ1n) is 5.09. The van der Waals surface area contributed by atoms with Crippen molar-refractivity contribution in [1.82, 2.24) is 5.32 Å². The van der Waals surface area contributed by atoms with Crippen LogP contribution in [0.5, 0.6) is 0 Å². The second kappa shape index (κ2) is 4.73. The molecule has 1 atom stereocenters. The highest BCUT2D eigenvalue weighted by molar-refractivity contribution is 9.10. The Kier molecular flexibility index (Phi) is 3.54. The van der Waals surface area contributed by atoms with Gasteiger partial charge in [-0.1, -0.05) is 11.6 Å². The van der Waals surface area contributed by atoms with Gasteiger partial charge in [-0.2, -0.15) is 0 Å². The SMILES string of the molecule is Cc1cc(Br)c(NC2CCNC2)cc1Cl. The van der Waals surface area contributed by atoms with Crippen molar-refractivity contribution in [2.45, 2.75) is 19.4 Å². The van der Waals surface area contributed by atoms with Crippen molar-refractivity contribution in [1.29, 1.82) is 0 Å². The molecular weight excluding hydrogens is 275 g/mol. The third-order valence-electron chi connectivity index (χ3n) is 2.67. The molecule has 1 aromatic rings. The van der Waals surface area contributed by atoms with Crippen LogP contribution in [-0.4, -0.2) is 19.1 Å². The summed E-state index contributed by atoms with van der Waals surface area (Å²) in [7, 11) is 0. The van der Waals surface area contributed by atoms with Gasteiger partial charge in [-0.05, 0) is 53.5 Å². The molecule has 2 rings (SSSR count). The molecule has 2 nitrogen and oxygen atoms in total. The lowest BCUT2D eigenvalue weighted by atomic mass is 10.2. The lowest BCUT2D eigenvalue weighted by Gasteiger charge is -2.15. The van der Waals surface area contributed by atoms with E-state index < -0.39 is 0 Å². The summed E-state index contributed by atoms with van der Waals surface area (Å²) in [5.74, 6) is 0. The van der Waals surface area contributed by atoms with Crippen molar-refractivity contribution in [3.05, 3.63) is 27.2 Å². The molecule has 1 aliphatic rings. The van der Waals surface area contributed by atoms with Crippen LogP contribution in [0.2, 0.25) is 5.02 Å². The summed E-state index contributed by atoms with van der Waals surface area (Å²) in [5, 5.41) is 7.62. The van der Waals surface area contributed by atoms with Crippen LogP contribution in [0.4, 0.5) is 5.69 Å². The molecule has 82 valence electrons. The quantitative estimate of drug-likeness (QED) is 0.874. The van der Waals surface area contributed by atoms with Crippen LogP contribution in [0.25, 0.3) is 0 Å². The fraction of sp³-hybridized carbons (Fsp3) is 0.455. The van der Waals surface area contributed by atoms with Crippen molar-refractivity contribution < 1.29 is 0 Å². The van der Waals surface area contributed by atoms with Gasteiger partial charge in [0.25, 0.3) is 0 Å². The summed E-state index contributed by atoms with van der Waals surface area (Å²) < 4.78 is 1.08. The van der Waals surface area contributed by atoms with Gasteiger partial charge in [0, 0.05) is 22.1 Å². The summed E-state index contributed by atoms with van der Waals surface area (Å²) in [4.78, 5) is 0. The Morgan fingerprint density at radius 3 is 3.00 bits per heavy atom. The van der Waals surface area contributed by atoms with Crippen LogP contribution in [0, 0.1) is 6.92 Å². The summed E-state index contributed by atoms with van der Waals surface area (Å²) in [5.41, 5.74) is 2.18. The highest BCUT2D eigenvalue weighted by atomic mass is 79.9. The largest absolute Gasteiger partial charge is 0.380 e. The third kappa shape index (κ3) is 2.65. The Morgan fingerprint density at radius 2 is 2.33 bits per heavy atom. The number of benzene rings is 1. The van der Waals surface area contributed by atoms with Gasteiger partial charge in [-0.25, -0.2) is 0 Å². The van der Waals surface area contributed by atoms with Crippen LogP contribution in [0.1, 0.15) is 12.0 Å². The lowest BCUT2D eigenvalue weighted by molar-refractivity contribution is 0.792. The van der Waals surface area contributed by atoms with Crippen molar-refractivity contribution >= 4 is 33.2 Å². The van der Waals surface area contributed by atoms with Crippen molar-refractivity contribution in [2.75, 3.05) is 18.4 Å². The van der Waals surface area contributed by atoms with Crippen LogP contribution in [0.3, 0.4) is 0 Å². The molecule has 1 saturated heterocycles. The maximum Gasteiger partial charge on any atom is 0.0502 e. The van der Waals surface area contributed by atoms with E-state index in [1.807, 2.05) is 19.1 Å². The number of halogens is 2. The molecule has 0 spiro atoms. The first kappa shape index (κ1) is 11.2. The Labute approximate surface area is 104 Å². The van der Waals surface area contributed by atoms with E-state index in [4.69, 9.17) is 11.6 Å². The van der Waals surface area contributed by atoms with Gasteiger partial charge in [-0.3, -0.25) is 0 Å². The van der Waals surface area contributed by atoms with Gasteiger partial charge in [-0.15, -0.1) is 0 Å². The van der Waals surface area contributed by atoms with Crippen molar-refractivity contribution in [3.63, 3.8) is 0 Å². The average molecular weight is 290 g/mol. The first-order valence-corrected chi connectivity index (χ1v) is 6.27. The Balaban J connectivity index is 2.16. The van der Waals surface area contributed by atoms with E-state index in [9.17, 15) is 0 Å². The number of aryl methyl sites for hydroxylation is 1. The molecule has 1 fully saturated rings. The van der Waals surface area contributed by atoms with Crippen LogP contribution in [-0.2, 0) is 0 Å². The molecular formula is C11H14BrClN2. The normalized spacial score (nSPS) is 20.6. The smallest absolute Gasteiger partial charge is 0.0502 e. The van der Waals surface area contributed by atoms with E-state index in [2.05, 4.69) is 26.6 Å².